The monoisotopic (exact) mass is 544 g/mol. The van der Waals surface area contributed by atoms with Crippen molar-refractivity contribution < 1.29 is 29.0 Å². The molecule has 40 heavy (non-hydrogen) atoms. The summed E-state index contributed by atoms with van der Waals surface area (Å²) in [5.74, 6) is -1.15. The number of carbonyl (C=O) groups excluding carboxylic acids is 4. The molecule has 0 spiro atoms. The summed E-state index contributed by atoms with van der Waals surface area (Å²) in [7, 11) is 1.27. The lowest BCUT2D eigenvalue weighted by Gasteiger charge is -2.22. The molecule has 0 aliphatic carbocycles. The molecule has 3 aromatic rings. The van der Waals surface area contributed by atoms with Crippen molar-refractivity contribution in [1.82, 2.24) is 20.5 Å². The fourth-order valence-corrected chi connectivity index (χ4v) is 4.47. The predicted molar refractivity (Wildman–Crippen MR) is 148 cm³/mol. The second kappa shape index (κ2) is 13.4. The van der Waals surface area contributed by atoms with E-state index in [2.05, 4.69) is 20.4 Å². The van der Waals surface area contributed by atoms with Crippen molar-refractivity contribution in [3.8, 4) is 16.9 Å². The van der Waals surface area contributed by atoms with Gasteiger partial charge >= 0.3 is 5.97 Å². The highest BCUT2D eigenvalue weighted by atomic mass is 16.5. The quantitative estimate of drug-likeness (QED) is 0.422. The highest BCUT2D eigenvalue weighted by Crippen LogP contribution is 2.30. The number of pyridine rings is 1. The minimum absolute atomic E-state index is 0.107. The third-order valence-electron chi connectivity index (χ3n) is 6.65. The lowest BCUT2D eigenvalue weighted by molar-refractivity contribution is -0.121. The molecule has 2 aromatic carbocycles. The molecular formula is C30H32N4O6. The van der Waals surface area contributed by atoms with Gasteiger partial charge in [0.15, 0.2) is 0 Å². The number of aromatic hydroxyl groups is 1. The molecule has 4 rings (SSSR count). The maximum atomic E-state index is 13.2. The molecule has 0 atom stereocenters. The molecule has 3 N–H and O–H groups in total. The number of amides is 3. The zero-order valence-corrected chi connectivity index (χ0v) is 22.3. The maximum Gasteiger partial charge on any atom is 0.339 e. The number of phenols is 1. The average Bonchev–Trinajstić information content (AvgIpc) is 2.98. The summed E-state index contributed by atoms with van der Waals surface area (Å²) >= 11 is 0. The molecule has 0 unspecified atom stereocenters. The largest absolute Gasteiger partial charge is 0.507 e. The summed E-state index contributed by atoms with van der Waals surface area (Å²) in [5.41, 5.74) is 3.11. The first-order valence-electron chi connectivity index (χ1n) is 13.2. The third-order valence-corrected chi connectivity index (χ3v) is 6.65. The number of ether oxygens (including phenoxy) is 1. The molecule has 0 radical (unpaired) electrons. The van der Waals surface area contributed by atoms with Crippen molar-refractivity contribution in [1.29, 1.82) is 0 Å². The molecule has 0 saturated carbocycles. The number of aromatic nitrogens is 1. The number of methoxy groups -OCH3 is 1. The van der Waals surface area contributed by atoms with Crippen LogP contribution in [0.5, 0.6) is 5.75 Å². The van der Waals surface area contributed by atoms with Gasteiger partial charge in [0.2, 0.25) is 5.91 Å². The Morgan fingerprint density at radius 3 is 2.50 bits per heavy atom. The van der Waals surface area contributed by atoms with Gasteiger partial charge in [0.1, 0.15) is 11.4 Å². The van der Waals surface area contributed by atoms with Crippen molar-refractivity contribution in [2.24, 2.45) is 0 Å². The number of phenolic OH excluding ortho intramolecular Hbond substituents is 1. The van der Waals surface area contributed by atoms with Crippen LogP contribution in [0.3, 0.4) is 0 Å². The standard InChI is InChI=1S/C30H32N4O6/c1-40-30(39)23-9-10-25(33-19-23)29(38)34-15-3-7-27(36)31-14-12-20-8-11-26(35)24(17-20)21-5-2-6-22(18-21)28(37)32-13-4-16-34/h2,5-6,8-11,17-19,35H,3-4,7,12-16H2,1H3,(H,31,36)(H,32,37). The fourth-order valence-electron chi connectivity index (χ4n) is 4.47. The van der Waals surface area contributed by atoms with E-state index in [4.69, 9.17) is 0 Å². The summed E-state index contributed by atoms with van der Waals surface area (Å²) in [5, 5.41) is 16.3. The van der Waals surface area contributed by atoms with Crippen molar-refractivity contribution in [3.05, 3.63) is 83.2 Å². The van der Waals surface area contributed by atoms with Gasteiger partial charge in [0, 0.05) is 49.9 Å². The van der Waals surface area contributed by atoms with Crippen LogP contribution in [0.15, 0.2) is 60.8 Å². The van der Waals surface area contributed by atoms with E-state index < -0.39 is 5.97 Å². The number of hydrogen-bond acceptors (Lipinski definition) is 7. The Hall–Kier alpha value is -4.73. The number of nitrogens with one attached hydrogen (secondary N) is 2. The Balaban J connectivity index is 1.51. The Morgan fingerprint density at radius 2 is 1.73 bits per heavy atom. The van der Waals surface area contributed by atoms with Crippen LogP contribution in [0, 0.1) is 0 Å². The average molecular weight is 545 g/mol. The number of benzene rings is 2. The third kappa shape index (κ3) is 7.22. The Labute approximate surface area is 232 Å². The molecule has 0 saturated heterocycles. The molecule has 0 fully saturated rings. The van der Waals surface area contributed by atoms with Gasteiger partial charge in [-0.25, -0.2) is 4.79 Å². The zero-order valence-electron chi connectivity index (χ0n) is 22.3. The van der Waals surface area contributed by atoms with Gasteiger partial charge in [-0.1, -0.05) is 18.2 Å². The molecule has 1 aromatic heterocycles. The molecule has 10 heteroatoms. The van der Waals surface area contributed by atoms with Crippen LogP contribution in [0.2, 0.25) is 0 Å². The molecule has 3 amide bonds. The highest BCUT2D eigenvalue weighted by molar-refractivity contribution is 5.96. The van der Waals surface area contributed by atoms with Gasteiger partial charge in [-0.2, -0.15) is 0 Å². The van der Waals surface area contributed by atoms with Crippen LogP contribution in [-0.4, -0.2) is 72.0 Å². The smallest absolute Gasteiger partial charge is 0.339 e. The van der Waals surface area contributed by atoms with Gasteiger partial charge in [-0.3, -0.25) is 19.4 Å². The molecular weight excluding hydrogens is 512 g/mol. The number of nitrogens with zero attached hydrogens (tertiary/aromatic N) is 2. The number of rotatable bonds is 2. The Kier molecular flexibility index (Phi) is 9.45. The van der Waals surface area contributed by atoms with E-state index in [-0.39, 0.29) is 41.1 Å². The van der Waals surface area contributed by atoms with Crippen LogP contribution in [0.1, 0.15) is 56.0 Å². The summed E-state index contributed by atoms with van der Waals surface area (Å²) in [6.07, 6.45) is 3.02. The van der Waals surface area contributed by atoms with E-state index in [0.29, 0.717) is 62.1 Å². The predicted octanol–water partition coefficient (Wildman–Crippen LogP) is 2.96. The Morgan fingerprint density at radius 1 is 0.925 bits per heavy atom. The van der Waals surface area contributed by atoms with Gasteiger partial charge < -0.3 is 25.4 Å². The highest BCUT2D eigenvalue weighted by Gasteiger charge is 2.19. The number of fused-ring (bicyclic) bond motifs is 5. The molecule has 1 aliphatic heterocycles. The first-order valence-corrected chi connectivity index (χ1v) is 13.2. The Bertz CT molecular complexity index is 1390. The van der Waals surface area contributed by atoms with Crippen molar-refractivity contribution in [3.63, 3.8) is 0 Å². The minimum Gasteiger partial charge on any atom is -0.507 e. The van der Waals surface area contributed by atoms with Gasteiger partial charge in [0.25, 0.3) is 11.8 Å². The second-order valence-corrected chi connectivity index (χ2v) is 9.46. The zero-order chi connectivity index (χ0) is 28.5. The van der Waals surface area contributed by atoms with Gasteiger partial charge in [-0.15, -0.1) is 0 Å². The van der Waals surface area contributed by atoms with Crippen LogP contribution in [-0.2, 0) is 16.0 Å². The SMILES string of the molecule is COC(=O)c1ccc(C(=O)N2CCCNC(=O)c3cccc(c3)-c3cc(ccc3O)CCNC(=O)CCC2)nc1. The van der Waals surface area contributed by atoms with Crippen molar-refractivity contribution >= 4 is 23.7 Å². The number of hydrogen-bond donors (Lipinski definition) is 3. The first-order chi connectivity index (χ1) is 19.4. The van der Waals surface area contributed by atoms with Crippen molar-refractivity contribution in [2.75, 3.05) is 33.3 Å². The van der Waals surface area contributed by atoms with Crippen molar-refractivity contribution in [2.45, 2.75) is 25.7 Å². The molecule has 2 heterocycles. The summed E-state index contributed by atoms with van der Waals surface area (Å²) in [4.78, 5) is 56.0. The van der Waals surface area contributed by atoms with E-state index in [1.54, 1.807) is 35.2 Å². The van der Waals surface area contributed by atoms with E-state index >= 15 is 0 Å². The van der Waals surface area contributed by atoms with E-state index in [1.165, 1.54) is 25.4 Å². The molecule has 4 bridgehead atoms. The van der Waals surface area contributed by atoms with Crippen LogP contribution >= 0.6 is 0 Å². The number of carbonyl (C=O) groups is 4. The van der Waals surface area contributed by atoms with E-state index in [1.807, 2.05) is 12.1 Å². The summed E-state index contributed by atoms with van der Waals surface area (Å²) < 4.78 is 4.68. The van der Waals surface area contributed by atoms with Crippen LogP contribution in [0.25, 0.3) is 11.1 Å². The summed E-state index contributed by atoms with van der Waals surface area (Å²) in [6.45, 7) is 1.40. The van der Waals surface area contributed by atoms with E-state index in [9.17, 15) is 24.3 Å². The molecule has 1 aliphatic rings. The van der Waals surface area contributed by atoms with Gasteiger partial charge in [0.05, 0.1) is 12.7 Å². The van der Waals surface area contributed by atoms with E-state index in [0.717, 1.165) is 5.56 Å². The molecule has 10 nitrogen and oxygen atoms in total. The lowest BCUT2D eigenvalue weighted by Crippen LogP contribution is -2.36. The fraction of sp³-hybridized carbons (Fsp3) is 0.300. The second-order valence-electron chi connectivity index (χ2n) is 9.46. The van der Waals surface area contributed by atoms with Crippen LogP contribution in [0.4, 0.5) is 0 Å². The topological polar surface area (TPSA) is 138 Å². The van der Waals surface area contributed by atoms with Gasteiger partial charge in [-0.05, 0) is 66.8 Å². The first kappa shape index (κ1) is 28.3. The number of esters is 1. The minimum atomic E-state index is -0.546. The summed E-state index contributed by atoms with van der Waals surface area (Å²) in [6, 6.07) is 15.3. The maximum absolute atomic E-state index is 13.2. The molecule has 208 valence electrons. The van der Waals surface area contributed by atoms with Crippen LogP contribution < -0.4 is 10.6 Å². The normalized spacial score (nSPS) is 15.1. The lowest BCUT2D eigenvalue weighted by atomic mass is 9.98.